The molecule has 1 aliphatic rings. The van der Waals surface area contributed by atoms with Crippen molar-refractivity contribution in [2.24, 2.45) is 5.73 Å². The first kappa shape index (κ1) is 15.7. The number of nitrogens with two attached hydrogens (primary N) is 1. The molecular weight excluding hydrogens is 245 g/mol. The maximum atomic E-state index is 5.85. The van der Waals surface area contributed by atoms with Crippen LogP contribution in [0.1, 0.15) is 18.4 Å². The van der Waals surface area contributed by atoms with Crippen LogP contribution in [0.2, 0.25) is 0 Å². The fraction of sp³-hybridized carbons (Fsp3) is 0.545. The van der Waals surface area contributed by atoms with Gasteiger partial charge < -0.3 is 5.73 Å². The monoisotopic (exact) mass is 263 g/mol. The van der Waals surface area contributed by atoms with Gasteiger partial charge in [-0.3, -0.25) is 9.88 Å². The van der Waals surface area contributed by atoms with Gasteiger partial charge in [-0.25, -0.2) is 0 Å². The summed E-state index contributed by atoms with van der Waals surface area (Å²) in [6.07, 6.45) is 5.96. The van der Waals surface area contributed by atoms with E-state index in [2.05, 4.69) is 22.0 Å². The molecular formula is C11H19Cl2N3. The van der Waals surface area contributed by atoms with E-state index in [-0.39, 0.29) is 24.8 Å². The molecule has 1 saturated heterocycles. The summed E-state index contributed by atoms with van der Waals surface area (Å²) in [6, 6.07) is 4.58. The number of likely N-dealkylation sites (tertiary alicyclic amines) is 1. The van der Waals surface area contributed by atoms with Crippen molar-refractivity contribution >= 4 is 24.8 Å². The van der Waals surface area contributed by atoms with E-state index in [0.29, 0.717) is 6.04 Å². The van der Waals surface area contributed by atoms with E-state index < -0.39 is 0 Å². The quantitative estimate of drug-likeness (QED) is 0.886. The van der Waals surface area contributed by atoms with Crippen LogP contribution in [0.15, 0.2) is 24.5 Å². The third-order valence-electron chi connectivity index (χ3n) is 2.79. The van der Waals surface area contributed by atoms with E-state index in [0.717, 1.165) is 32.5 Å². The smallest absolute Gasteiger partial charge is 0.0271 e. The number of nitrogens with zero attached hydrogens (tertiary/aromatic N) is 2. The number of hydrogen-bond donors (Lipinski definition) is 1. The van der Waals surface area contributed by atoms with Crippen LogP contribution in [0.3, 0.4) is 0 Å². The molecule has 0 bridgehead atoms. The number of rotatable bonds is 2. The highest BCUT2D eigenvalue weighted by Gasteiger charge is 2.15. The normalized spacial score (nSPS) is 17.3. The zero-order chi connectivity index (χ0) is 9.80. The predicted octanol–water partition coefficient (Wildman–Crippen LogP) is 1.85. The van der Waals surface area contributed by atoms with Gasteiger partial charge in [0.15, 0.2) is 0 Å². The van der Waals surface area contributed by atoms with Crippen molar-refractivity contribution in [1.82, 2.24) is 9.88 Å². The second-order valence-electron chi connectivity index (χ2n) is 3.97. The van der Waals surface area contributed by atoms with E-state index in [1.165, 1.54) is 5.56 Å². The summed E-state index contributed by atoms with van der Waals surface area (Å²) in [5.41, 5.74) is 7.20. The molecule has 0 saturated carbocycles. The van der Waals surface area contributed by atoms with E-state index in [9.17, 15) is 0 Å². The molecule has 1 fully saturated rings. The lowest BCUT2D eigenvalue weighted by atomic mass is 10.1. The molecule has 92 valence electrons. The molecule has 2 heterocycles. The molecule has 0 amide bonds. The summed E-state index contributed by atoms with van der Waals surface area (Å²) in [5.74, 6) is 0. The summed E-state index contributed by atoms with van der Waals surface area (Å²) < 4.78 is 0. The van der Waals surface area contributed by atoms with Crippen molar-refractivity contribution in [3.05, 3.63) is 30.1 Å². The van der Waals surface area contributed by atoms with Crippen molar-refractivity contribution in [2.45, 2.75) is 25.4 Å². The van der Waals surface area contributed by atoms with Gasteiger partial charge >= 0.3 is 0 Å². The average Bonchev–Trinajstić information content (AvgIpc) is 2.23. The minimum atomic E-state index is 0. The molecule has 1 aromatic rings. The lowest BCUT2D eigenvalue weighted by Crippen LogP contribution is -2.39. The summed E-state index contributed by atoms with van der Waals surface area (Å²) in [4.78, 5) is 6.47. The molecule has 0 aliphatic carbocycles. The minimum Gasteiger partial charge on any atom is -0.328 e. The number of aromatic nitrogens is 1. The SMILES string of the molecule is Cl.Cl.NC1CCN(Cc2ccncc2)CC1. The Morgan fingerprint density at radius 2 is 1.75 bits per heavy atom. The molecule has 5 heteroatoms. The predicted molar refractivity (Wildman–Crippen MR) is 71.2 cm³/mol. The number of halogens is 2. The maximum Gasteiger partial charge on any atom is 0.0271 e. The van der Waals surface area contributed by atoms with Crippen molar-refractivity contribution in [2.75, 3.05) is 13.1 Å². The number of pyridine rings is 1. The largest absolute Gasteiger partial charge is 0.328 e. The van der Waals surface area contributed by atoms with Gasteiger partial charge in [-0.15, -0.1) is 24.8 Å². The fourth-order valence-electron chi connectivity index (χ4n) is 1.86. The Balaban J connectivity index is 0.00000112. The first-order chi connectivity index (χ1) is 6.84. The van der Waals surface area contributed by atoms with Gasteiger partial charge in [-0.2, -0.15) is 0 Å². The molecule has 16 heavy (non-hydrogen) atoms. The Kier molecular flexibility index (Phi) is 7.68. The Hall–Kier alpha value is -0.350. The maximum absolute atomic E-state index is 5.85. The van der Waals surface area contributed by atoms with Crippen LogP contribution >= 0.6 is 24.8 Å². The highest BCUT2D eigenvalue weighted by molar-refractivity contribution is 5.85. The lowest BCUT2D eigenvalue weighted by Gasteiger charge is -2.29. The van der Waals surface area contributed by atoms with Gasteiger partial charge in [0.2, 0.25) is 0 Å². The van der Waals surface area contributed by atoms with Crippen molar-refractivity contribution in [3.63, 3.8) is 0 Å². The Morgan fingerprint density at radius 1 is 1.19 bits per heavy atom. The first-order valence-electron chi connectivity index (χ1n) is 5.21. The zero-order valence-corrected chi connectivity index (χ0v) is 10.8. The van der Waals surface area contributed by atoms with Crippen LogP contribution in [0.4, 0.5) is 0 Å². The van der Waals surface area contributed by atoms with Crippen LogP contribution in [-0.2, 0) is 6.54 Å². The standard InChI is InChI=1S/C11H17N3.2ClH/c12-11-3-7-14(8-4-11)9-10-1-5-13-6-2-10;;/h1-2,5-6,11H,3-4,7-9,12H2;2*1H. The van der Waals surface area contributed by atoms with Gasteiger partial charge in [0.1, 0.15) is 0 Å². The van der Waals surface area contributed by atoms with Gasteiger partial charge in [0, 0.05) is 25.0 Å². The number of hydrogen-bond acceptors (Lipinski definition) is 3. The average molecular weight is 264 g/mol. The molecule has 2 rings (SSSR count). The summed E-state index contributed by atoms with van der Waals surface area (Å²) in [6.45, 7) is 3.29. The summed E-state index contributed by atoms with van der Waals surface area (Å²) in [7, 11) is 0. The highest BCUT2D eigenvalue weighted by Crippen LogP contribution is 2.11. The molecule has 1 aliphatic heterocycles. The van der Waals surface area contributed by atoms with Crippen LogP contribution in [-0.4, -0.2) is 29.0 Å². The third-order valence-corrected chi connectivity index (χ3v) is 2.79. The highest BCUT2D eigenvalue weighted by atomic mass is 35.5. The molecule has 0 atom stereocenters. The molecule has 0 aromatic carbocycles. The van der Waals surface area contributed by atoms with Gasteiger partial charge in [-0.05, 0) is 43.6 Å². The van der Waals surface area contributed by atoms with Crippen molar-refractivity contribution in [1.29, 1.82) is 0 Å². The van der Waals surface area contributed by atoms with Crippen molar-refractivity contribution < 1.29 is 0 Å². The minimum absolute atomic E-state index is 0. The molecule has 0 spiro atoms. The second kappa shape index (κ2) is 7.85. The van der Waals surface area contributed by atoms with Gasteiger partial charge in [0.05, 0.1) is 0 Å². The summed E-state index contributed by atoms with van der Waals surface area (Å²) in [5, 5.41) is 0. The third kappa shape index (κ3) is 4.66. The van der Waals surface area contributed by atoms with Crippen molar-refractivity contribution in [3.8, 4) is 0 Å². The molecule has 0 radical (unpaired) electrons. The molecule has 1 aromatic heterocycles. The fourth-order valence-corrected chi connectivity index (χ4v) is 1.86. The first-order valence-corrected chi connectivity index (χ1v) is 5.21. The van der Waals surface area contributed by atoms with E-state index in [1.54, 1.807) is 0 Å². The van der Waals surface area contributed by atoms with Gasteiger partial charge in [0.25, 0.3) is 0 Å². The molecule has 0 unspecified atom stereocenters. The van der Waals surface area contributed by atoms with Crippen LogP contribution in [0.25, 0.3) is 0 Å². The molecule has 3 nitrogen and oxygen atoms in total. The topological polar surface area (TPSA) is 42.1 Å². The molecule has 2 N–H and O–H groups in total. The Morgan fingerprint density at radius 3 is 2.31 bits per heavy atom. The zero-order valence-electron chi connectivity index (χ0n) is 9.21. The second-order valence-corrected chi connectivity index (χ2v) is 3.97. The lowest BCUT2D eigenvalue weighted by molar-refractivity contribution is 0.205. The summed E-state index contributed by atoms with van der Waals surface area (Å²) >= 11 is 0. The van der Waals surface area contributed by atoms with E-state index in [4.69, 9.17) is 5.73 Å². The Bertz CT molecular complexity index is 274. The van der Waals surface area contributed by atoms with E-state index in [1.807, 2.05) is 12.4 Å². The van der Waals surface area contributed by atoms with Crippen LogP contribution < -0.4 is 5.73 Å². The van der Waals surface area contributed by atoms with E-state index >= 15 is 0 Å². The van der Waals surface area contributed by atoms with Crippen LogP contribution in [0, 0.1) is 0 Å². The number of piperidine rings is 1. The Labute approximate surface area is 109 Å². The van der Waals surface area contributed by atoms with Gasteiger partial charge in [-0.1, -0.05) is 0 Å². The van der Waals surface area contributed by atoms with Crippen LogP contribution in [0.5, 0.6) is 0 Å².